The zero-order valence-corrected chi connectivity index (χ0v) is 12.8. The smallest absolute Gasteiger partial charge is 0.260 e. The Bertz CT molecular complexity index is 503. The van der Waals surface area contributed by atoms with Crippen LogP contribution in [0.3, 0.4) is 0 Å². The van der Waals surface area contributed by atoms with Crippen LogP contribution < -0.4 is 10.2 Å². The summed E-state index contributed by atoms with van der Waals surface area (Å²) < 4.78 is 6.05. The van der Waals surface area contributed by atoms with Crippen molar-refractivity contribution in [3.63, 3.8) is 0 Å². The molecule has 1 amide bonds. The Kier molecular flexibility index (Phi) is 4.42. The molecule has 18 heavy (non-hydrogen) atoms. The summed E-state index contributed by atoms with van der Waals surface area (Å²) in [7, 11) is 1.60. The van der Waals surface area contributed by atoms with E-state index in [-0.39, 0.29) is 5.91 Å². The highest BCUT2D eigenvalue weighted by Crippen LogP contribution is 2.43. The van der Waals surface area contributed by atoms with E-state index in [1.54, 1.807) is 7.05 Å². The minimum atomic E-state index is -0.131. The van der Waals surface area contributed by atoms with Gasteiger partial charge in [0, 0.05) is 23.7 Å². The number of anilines is 1. The maximum Gasteiger partial charge on any atom is 0.260 e. The number of carbonyl (C=O) groups is 1. The molecular weight excluding hydrogens is 365 g/mol. The van der Waals surface area contributed by atoms with Gasteiger partial charge < -0.3 is 15.0 Å². The molecule has 1 aliphatic heterocycles. The van der Waals surface area contributed by atoms with Gasteiger partial charge in [-0.3, -0.25) is 4.79 Å². The van der Waals surface area contributed by atoms with E-state index in [0.29, 0.717) is 23.8 Å². The molecule has 0 aliphatic carbocycles. The molecular formula is C11H12IN3O2S. The molecule has 1 aromatic rings. The molecule has 0 bridgehead atoms. The first-order valence-electron chi connectivity index (χ1n) is 5.43. The van der Waals surface area contributed by atoms with Gasteiger partial charge in [-0.1, -0.05) is 22.6 Å². The Labute approximate surface area is 123 Å². The molecule has 0 aromatic carbocycles. The first-order valence-corrected chi connectivity index (χ1v) is 7.33. The Balaban J connectivity index is 2.40. The quantitative estimate of drug-likeness (QED) is 0.635. The number of nitrogens with zero attached hydrogens (tertiary/aromatic N) is 2. The molecule has 96 valence electrons. The van der Waals surface area contributed by atoms with Crippen molar-refractivity contribution in [3.05, 3.63) is 19.9 Å². The van der Waals surface area contributed by atoms with Gasteiger partial charge in [-0.25, -0.2) is 4.85 Å². The number of nitrogens with one attached hydrogen (secondary N) is 1. The number of ether oxygens (including phenoxy) is 1. The van der Waals surface area contributed by atoms with Crippen LogP contribution in [0, 0.1) is 10.1 Å². The first kappa shape index (κ1) is 13.6. The SMILES string of the molecule is [C-]#[N+]c1c(N2CCOCC2)sc(C(=O)NC)c1I. The number of thiophene rings is 1. The second-order valence-corrected chi connectivity index (χ2v) is 5.77. The normalized spacial score (nSPS) is 15.3. The van der Waals surface area contributed by atoms with Crippen LogP contribution in [0.2, 0.25) is 0 Å². The zero-order valence-electron chi connectivity index (χ0n) is 9.83. The summed E-state index contributed by atoms with van der Waals surface area (Å²) in [5.41, 5.74) is 0.584. The molecule has 2 heterocycles. The summed E-state index contributed by atoms with van der Waals surface area (Å²) in [5, 5.41) is 3.50. The number of carbonyl (C=O) groups excluding carboxylic acids is 1. The summed E-state index contributed by atoms with van der Waals surface area (Å²) in [4.78, 5) is 18.1. The molecule has 0 spiro atoms. The van der Waals surface area contributed by atoms with Crippen molar-refractivity contribution in [1.82, 2.24) is 5.32 Å². The number of amides is 1. The second-order valence-electron chi connectivity index (χ2n) is 3.69. The number of hydrogen-bond donors (Lipinski definition) is 1. The molecule has 0 unspecified atom stereocenters. The van der Waals surface area contributed by atoms with Crippen LogP contribution in [0.5, 0.6) is 0 Å². The minimum Gasteiger partial charge on any atom is -0.378 e. The summed E-state index contributed by atoms with van der Waals surface area (Å²) in [5.74, 6) is -0.131. The lowest BCUT2D eigenvalue weighted by molar-refractivity contribution is 0.0966. The minimum absolute atomic E-state index is 0.131. The molecule has 0 radical (unpaired) electrons. The predicted molar refractivity (Wildman–Crippen MR) is 79.7 cm³/mol. The van der Waals surface area contributed by atoms with E-state index >= 15 is 0 Å². The Hall–Kier alpha value is -0.850. The summed E-state index contributed by atoms with van der Waals surface area (Å²) in [6.45, 7) is 10.2. The standard InChI is InChI=1S/C11H12IN3O2S/c1-13-8-7(12)9(10(16)14-2)18-11(8)15-3-5-17-6-4-15/h3-6H2,2H3,(H,14,16). The molecule has 1 aliphatic rings. The van der Waals surface area contributed by atoms with Crippen LogP contribution in [-0.4, -0.2) is 39.3 Å². The highest BCUT2D eigenvalue weighted by molar-refractivity contribution is 14.1. The van der Waals surface area contributed by atoms with E-state index in [4.69, 9.17) is 11.3 Å². The maximum atomic E-state index is 11.7. The lowest BCUT2D eigenvalue weighted by Gasteiger charge is -2.28. The Morgan fingerprint density at radius 3 is 2.78 bits per heavy atom. The third kappa shape index (κ3) is 2.46. The van der Waals surface area contributed by atoms with Crippen LogP contribution in [0.1, 0.15) is 9.67 Å². The molecule has 1 saturated heterocycles. The van der Waals surface area contributed by atoms with Gasteiger partial charge >= 0.3 is 0 Å². The monoisotopic (exact) mass is 377 g/mol. The van der Waals surface area contributed by atoms with Gasteiger partial charge in [-0.05, 0) is 0 Å². The fraction of sp³-hybridized carbons (Fsp3) is 0.455. The van der Waals surface area contributed by atoms with Crippen LogP contribution in [0.15, 0.2) is 0 Å². The maximum absolute atomic E-state index is 11.7. The van der Waals surface area contributed by atoms with Gasteiger partial charge in [0.1, 0.15) is 0 Å². The van der Waals surface area contributed by atoms with Crippen LogP contribution >= 0.6 is 33.9 Å². The number of rotatable bonds is 2. The lowest BCUT2D eigenvalue weighted by Crippen LogP contribution is -2.35. The zero-order chi connectivity index (χ0) is 13.1. The molecule has 0 atom stereocenters. The fourth-order valence-electron chi connectivity index (χ4n) is 1.73. The van der Waals surface area contributed by atoms with Crippen molar-refractivity contribution in [2.24, 2.45) is 0 Å². The van der Waals surface area contributed by atoms with E-state index in [9.17, 15) is 4.79 Å². The third-order valence-corrected chi connectivity index (χ3v) is 5.31. The first-order chi connectivity index (χ1) is 8.69. The topological polar surface area (TPSA) is 45.9 Å². The summed E-state index contributed by atoms with van der Waals surface area (Å²) in [6.07, 6.45) is 0. The molecule has 1 N–H and O–H groups in total. The number of halogens is 1. The Morgan fingerprint density at radius 1 is 1.56 bits per heavy atom. The van der Waals surface area contributed by atoms with Gasteiger partial charge in [0.2, 0.25) is 5.69 Å². The van der Waals surface area contributed by atoms with Crippen molar-refractivity contribution in [2.75, 3.05) is 38.3 Å². The highest BCUT2D eigenvalue weighted by atomic mass is 127. The van der Waals surface area contributed by atoms with Crippen molar-refractivity contribution in [1.29, 1.82) is 0 Å². The van der Waals surface area contributed by atoms with Crippen LogP contribution in [-0.2, 0) is 4.74 Å². The molecule has 1 fully saturated rings. The van der Waals surface area contributed by atoms with Gasteiger partial charge in [-0.2, -0.15) is 0 Å². The third-order valence-electron chi connectivity index (χ3n) is 2.65. The summed E-state index contributed by atoms with van der Waals surface area (Å²) in [6, 6.07) is 0. The van der Waals surface area contributed by atoms with Gasteiger partial charge in [-0.15, -0.1) is 11.3 Å². The lowest BCUT2D eigenvalue weighted by atomic mass is 10.3. The van der Waals surface area contributed by atoms with Crippen LogP contribution in [0.25, 0.3) is 4.85 Å². The highest BCUT2D eigenvalue weighted by Gasteiger charge is 2.25. The van der Waals surface area contributed by atoms with E-state index in [2.05, 4.69) is 37.7 Å². The van der Waals surface area contributed by atoms with Gasteiger partial charge in [0.05, 0.1) is 29.7 Å². The second kappa shape index (κ2) is 5.86. The van der Waals surface area contributed by atoms with Gasteiger partial charge in [0.15, 0.2) is 0 Å². The van der Waals surface area contributed by atoms with Gasteiger partial charge in [0.25, 0.3) is 5.91 Å². The van der Waals surface area contributed by atoms with E-state index in [1.807, 2.05) is 0 Å². The van der Waals surface area contributed by atoms with E-state index in [0.717, 1.165) is 21.7 Å². The average Bonchev–Trinajstić information content (AvgIpc) is 2.76. The average molecular weight is 377 g/mol. The van der Waals surface area contributed by atoms with Crippen molar-refractivity contribution in [3.8, 4) is 0 Å². The molecule has 0 saturated carbocycles. The molecule has 5 nitrogen and oxygen atoms in total. The number of morpholine rings is 1. The summed E-state index contributed by atoms with van der Waals surface area (Å²) >= 11 is 3.46. The van der Waals surface area contributed by atoms with Crippen LogP contribution in [0.4, 0.5) is 10.7 Å². The largest absolute Gasteiger partial charge is 0.378 e. The fourth-order valence-corrected chi connectivity index (χ4v) is 3.99. The molecule has 7 heteroatoms. The molecule has 2 rings (SSSR count). The van der Waals surface area contributed by atoms with Crippen molar-refractivity contribution in [2.45, 2.75) is 0 Å². The molecule has 1 aromatic heterocycles. The van der Waals surface area contributed by atoms with E-state index < -0.39 is 0 Å². The predicted octanol–water partition coefficient (Wildman–Crippen LogP) is 2.10. The van der Waals surface area contributed by atoms with Crippen molar-refractivity contribution < 1.29 is 9.53 Å². The van der Waals surface area contributed by atoms with E-state index in [1.165, 1.54) is 11.3 Å². The Morgan fingerprint density at radius 2 is 2.22 bits per heavy atom. The number of hydrogen-bond acceptors (Lipinski definition) is 4. The van der Waals surface area contributed by atoms with Crippen molar-refractivity contribution >= 4 is 50.5 Å².